The van der Waals surface area contributed by atoms with Gasteiger partial charge in [-0.2, -0.15) is 4.99 Å². The molecule has 0 fully saturated rings. The smallest absolute Gasteiger partial charge is 0.297 e. The standard InChI is InChI=1S/C8H10N4O3/c9-12-11-4-2-1-3-6(13)7-8(14)10-5-15-7/h5,7H,1-4H2. The number of ether oxygens (including phenoxy) is 1. The molecule has 0 N–H and O–H groups in total. The molecule has 15 heavy (non-hydrogen) atoms. The fourth-order valence-corrected chi connectivity index (χ4v) is 1.14. The van der Waals surface area contributed by atoms with E-state index in [-0.39, 0.29) is 12.2 Å². The Kier molecular flexibility index (Phi) is 4.30. The van der Waals surface area contributed by atoms with Crippen LogP contribution in [0, 0.1) is 0 Å². The first-order chi connectivity index (χ1) is 7.25. The zero-order chi connectivity index (χ0) is 11.1. The van der Waals surface area contributed by atoms with Gasteiger partial charge in [0.2, 0.25) is 6.10 Å². The predicted molar refractivity (Wildman–Crippen MR) is 51.2 cm³/mol. The van der Waals surface area contributed by atoms with Crippen LogP contribution < -0.4 is 0 Å². The van der Waals surface area contributed by atoms with E-state index in [1.165, 1.54) is 0 Å². The molecule has 80 valence electrons. The van der Waals surface area contributed by atoms with Gasteiger partial charge in [-0.15, -0.1) is 0 Å². The third-order valence-electron chi connectivity index (χ3n) is 1.89. The van der Waals surface area contributed by atoms with Crippen molar-refractivity contribution >= 4 is 18.1 Å². The average molecular weight is 210 g/mol. The van der Waals surface area contributed by atoms with E-state index >= 15 is 0 Å². The Morgan fingerprint density at radius 3 is 3.07 bits per heavy atom. The summed E-state index contributed by atoms with van der Waals surface area (Å²) in [7, 11) is 0. The van der Waals surface area contributed by atoms with Gasteiger partial charge < -0.3 is 4.74 Å². The first-order valence-corrected chi connectivity index (χ1v) is 4.51. The molecule has 0 aromatic carbocycles. The highest BCUT2D eigenvalue weighted by molar-refractivity contribution is 6.09. The van der Waals surface area contributed by atoms with Gasteiger partial charge in [0.25, 0.3) is 5.91 Å². The number of rotatable bonds is 6. The van der Waals surface area contributed by atoms with E-state index in [9.17, 15) is 9.59 Å². The van der Waals surface area contributed by atoms with E-state index in [4.69, 9.17) is 10.3 Å². The summed E-state index contributed by atoms with van der Waals surface area (Å²) in [5.41, 5.74) is 7.99. The maximum atomic E-state index is 11.4. The molecule has 0 aliphatic carbocycles. The van der Waals surface area contributed by atoms with Crippen molar-refractivity contribution in [1.29, 1.82) is 0 Å². The van der Waals surface area contributed by atoms with Crippen molar-refractivity contribution in [2.75, 3.05) is 6.54 Å². The summed E-state index contributed by atoms with van der Waals surface area (Å²) >= 11 is 0. The number of aliphatic imine (C=N–C) groups is 1. The Hall–Kier alpha value is -1.88. The molecule has 0 saturated carbocycles. The monoisotopic (exact) mass is 210 g/mol. The van der Waals surface area contributed by atoms with Crippen LogP contribution in [0.25, 0.3) is 10.4 Å². The second-order valence-electron chi connectivity index (χ2n) is 2.97. The van der Waals surface area contributed by atoms with Gasteiger partial charge in [-0.25, -0.2) is 0 Å². The molecule has 1 unspecified atom stereocenters. The first-order valence-electron chi connectivity index (χ1n) is 4.51. The highest BCUT2D eigenvalue weighted by Gasteiger charge is 2.29. The van der Waals surface area contributed by atoms with Crippen LogP contribution in [-0.2, 0) is 14.3 Å². The SMILES string of the molecule is [N-]=[N+]=NCCCCC(=O)C1OC=NC1=O. The van der Waals surface area contributed by atoms with Gasteiger partial charge in [-0.3, -0.25) is 9.59 Å². The van der Waals surface area contributed by atoms with Crippen LogP contribution in [0.2, 0.25) is 0 Å². The average Bonchev–Trinajstić information content (AvgIpc) is 2.64. The summed E-state index contributed by atoms with van der Waals surface area (Å²) < 4.78 is 4.73. The number of ketones is 1. The van der Waals surface area contributed by atoms with Crippen molar-refractivity contribution in [2.45, 2.75) is 25.4 Å². The second kappa shape index (κ2) is 5.77. The fraction of sp³-hybridized carbons (Fsp3) is 0.625. The summed E-state index contributed by atoms with van der Waals surface area (Å²) in [5.74, 6) is -0.825. The van der Waals surface area contributed by atoms with Crippen LogP contribution in [0.5, 0.6) is 0 Å². The predicted octanol–water partition coefficient (Wildman–Crippen LogP) is 0.990. The molecule has 1 heterocycles. The van der Waals surface area contributed by atoms with Gasteiger partial charge in [0.1, 0.15) is 0 Å². The summed E-state index contributed by atoms with van der Waals surface area (Å²) in [5, 5.41) is 3.33. The van der Waals surface area contributed by atoms with Crippen LogP contribution in [0.1, 0.15) is 19.3 Å². The lowest BCUT2D eigenvalue weighted by Gasteiger charge is -2.04. The van der Waals surface area contributed by atoms with E-state index in [2.05, 4.69) is 15.0 Å². The zero-order valence-electron chi connectivity index (χ0n) is 8.00. The van der Waals surface area contributed by atoms with E-state index < -0.39 is 12.0 Å². The van der Waals surface area contributed by atoms with E-state index in [0.29, 0.717) is 19.4 Å². The van der Waals surface area contributed by atoms with Crippen molar-refractivity contribution in [3.05, 3.63) is 10.4 Å². The number of Topliss-reactive ketones (excluding diaryl/α,β-unsaturated/α-hetero) is 1. The lowest BCUT2D eigenvalue weighted by Crippen LogP contribution is -2.27. The molecule has 1 atom stereocenters. The lowest BCUT2D eigenvalue weighted by molar-refractivity contribution is -0.134. The second-order valence-corrected chi connectivity index (χ2v) is 2.97. The topological polar surface area (TPSA) is 104 Å². The minimum Gasteiger partial charge on any atom is -0.462 e. The van der Waals surface area contributed by atoms with Gasteiger partial charge in [0.05, 0.1) is 0 Å². The van der Waals surface area contributed by atoms with Crippen molar-refractivity contribution in [1.82, 2.24) is 0 Å². The number of hydrogen-bond donors (Lipinski definition) is 0. The van der Waals surface area contributed by atoms with Crippen LogP contribution in [0.4, 0.5) is 0 Å². The summed E-state index contributed by atoms with van der Waals surface area (Å²) in [6.07, 6.45) is 1.37. The normalized spacial score (nSPS) is 18.4. The number of carbonyl (C=O) groups excluding carboxylic acids is 2. The Bertz CT molecular complexity index is 333. The quantitative estimate of drug-likeness (QED) is 0.214. The molecule has 0 radical (unpaired) electrons. The highest BCUT2D eigenvalue weighted by atomic mass is 16.5. The molecule has 7 nitrogen and oxygen atoms in total. The third kappa shape index (κ3) is 3.40. The number of carbonyl (C=O) groups is 2. The van der Waals surface area contributed by atoms with E-state index in [0.717, 1.165) is 6.40 Å². The fourth-order valence-electron chi connectivity index (χ4n) is 1.14. The Morgan fingerprint density at radius 2 is 2.47 bits per heavy atom. The molecule has 1 aliphatic heterocycles. The largest absolute Gasteiger partial charge is 0.462 e. The molecule has 1 aliphatic rings. The van der Waals surface area contributed by atoms with Gasteiger partial charge >= 0.3 is 0 Å². The number of azide groups is 1. The summed E-state index contributed by atoms with van der Waals surface area (Å²) in [6.45, 7) is 0.361. The molecular formula is C8H10N4O3. The first kappa shape index (κ1) is 11.2. The molecule has 0 bridgehead atoms. The third-order valence-corrected chi connectivity index (χ3v) is 1.89. The van der Waals surface area contributed by atoms with E-state index in [1.807, 2.05) is 0 Å². The van der Waals surface area contributed by atoms with Crippen molar-refractivity contribution in [2.24, 2.45) is 10.1 Å². The van der Waals surface area contributed by atoms with Crippen LogP contribution in [0.3, 0.4) is 0 Å². The van der Waals surface area contributed by atoms with Gasteiger partial charge in [-0.1, -0.05) is 5.11 Å². The number of nitrogens with zero attached hydrogens (tertiary/aromatic N) is 4. The van der Waals surface area contributed by atoms with Crippen molar-refractivity contribution < 1.29 is 14.3 Å². The molecule has 7 heteroatoms. The molecule has 0 aromatic rings. The summed E-state index contributed by atoms with van der Waals surface area (Å²) in [4.78, 5) is 28.2. The molecular weight excluding hydrogens is 200 g/mol. The lowest BCUT2D eigenvalue weighted by atomic mass is 10.1. The molecule has 1 amide bonds. The van der Waals surface area contributed by atoms with Crippen LogP contribution in [-0.4, -0.2) is 30.7 Å². The van der Waals surface area contributed by atoms with Crippen LogP contribution >= 0.6 is 0 Å². The molecule has 0 saturated heterocycles. The molecule has 1 rings (SSSR count). The maximum absolute atomic E-state index is 11.4. The Balaban J connectivity index is 2.19. The van der Waals surface area contributed by atoms with Crippen molar-refractivity contribution in [3.8, 4) is 0 Å². The van der Waals surface area contributed by atoms with Gasteiger partial charge in [-0.05, 0) is 18.4 Å². The molecule has 0 aromatic heterocycles. The van der Waals surface area contributed by atoms with Crippen LogP contribution in [0.15, 0.2) is 10.1 Å². The minimum absolute atomic E-state index is 0.237. The zero-order valence-corrected chi connectivity index (χ0v) is 8.00. The van der Waals surface area contributed by atoms with Gasteiger partial charge in [0, 0.05) is 17.9 Å². The Morgan fingerprint density at radius 1 is 1.67 bits per heavy atom. The van der Waals surface area contributed by atoms with Gasteiger partial charge in [0.15, 0.2) is 12.2 Å². The highest BCUT2D eigenvalue weighted by Crippen LogP contribution is 2.08. The molecule has 0 spiro atoms. The minimum atomic E-state index is -1.05. The number of hydrogen-bond acceptors (Lipinski definition) is 4. The maximum Gasteiger partial charge on any atom is 0.297 e. The number of unbranched alkanes of at least 4 members (excludes halogenated alkanes) is 1. The van der Waals surface area contributed by atoms with E-state index in [1.54, 1.807) is 0 Å². The summed E-state index contributed by atoms with van der Waals surface area (Å²) in [6, 6.07) is 0. The number of amides is 1. The van der Waals surface area contributed by atoms with Crippen molar-refractivity contribution in [3.63, 3.8) is 0 Å². The Labute approximate surface area is 85.8 Å².